The van der Waals surface area contributed by atoms with Gasteiger partial charge in [-0.05, 0) is 68.8 Å². The first-order chi connectivity index (χ1) is 14.2. The van der Waals surface area contributed by atoms with Crippen molar-refractivity contribution >= 4 is 27.5 Å². The van der Waals surface area contributed by atoms with Gasteiger partial charge in [0.05, 0.1) is 16.1 Å². The van der Waals surface area contributed by atoms with Gasteiger partial charge in [0.25, 0.3) is 5.19 Å². The van der Waals surface area contributed by atoms with E-state index in [1.54, 1.807) is 0 Å². The van der Waals surface area contributed by atoms with Crippen LogP contribution in [0.2, 0.25) is 0 Å². The molecule has 3 aromatic rings. The molecular weight excluding hydrogens is 388 g/mol. The van der Waals surface area contributed by atoms with Crippen LogP contribution in [0.4, 0.5) is 0 Å². The van der Waals surface area contributed by atoms with Crippen LogP contribution < -0.4 is 9.47 Å². The number of nitrogens with zero attached hydrogens (tertiary/aromatic N) is 2. The summed E-state index contributed by atoms with van der Waals surface area (Å²) in [7, 11) is 0. The van der Waals surface area contributed by atoms with Crippen LogP contribution in [0, 0.1) is 5.92 Å². The van der Waals surface area contributed by atoms with Gasteiger partial charge in [-0.2, -0.15) is 0 Å². The standard InChI is InChI=1S/C22H24N2O4S/c25-21(26)16-4-3-12-24(13-11-16)14-15-27-17-7-9-18(10-8-17)28-22-23-19-5-1-2-6-20(19)29-22/h1-2,5-10,16H,3-4,11-15H2,(H,25,26). The Bertz CT molecular complexity index is 924. The maximum Gasteiger partial charge on any atom is 0.306 e. The Morgan fingerprint density at radius 2 is 1.90 bits per heavy atom. The maximum absolute atomic E-state index is 11.1. The van der Waals surface area contributed by atoms with Crippen LogP contribution in [0.5, 0.6) is 16.7 Å². The number of hydrogen-bond acceptors (Lipinski definition) is 6. The molecule has 1 aromatic heterocycles. The number of thiazole rings is 1. The van der Waals surface area contributed by atoms with Crippen molar-refractivity contribution in [1.82, 2.24) is 9.88 Å². The molecule has 2 heterocycles. The number of aliphatic carboxylic acids is 1. The highest BCUT2D eigenvalue weighted by atomic mass is 32.1. The number of para-hydroxylation sites is 1. The lowest BCUT2D eigenvalue weighted by Gasteiger charge is -2.20. The van der Waals surface area contributed by atoms with E-state index in [9.17, 15) is 4.79 Å². The summed E-state index contributed by atoms with van der Waals surface area (Å²) in [6.45, 7) is 3.13. The van der Waals surface area contributed by atoms with Crippen molar-refractivity contribution < 1.29 is 19.4 Å². The highest BCUT2D eigenvalue weighted by Gasteiger charge is 2.22. The number of benzene rings is 2. The first-order valence-electron chi connectivity index (χ1n) is 9.89. The Morgan fingerprint density at radius 1 is 1.10 bits per heavy atom. The van der Waals surface area contributed by atoms with Gasteiger partial charge in [0.2, 0.25) is 0 Å². The van der Waals surface area contributed by atoms with E-state index in [1.165, 1.54) is 11.3 Å². The fourth-order valence-corrected chi connectivity index (χ4v) is 4.35. The van der Waals surface area contributed by atoms with E-state index in [4.69, 9.17) is 14.6 Å². The average molecular weight is 413 g/mol. The van der Waals surface area contributed by atoms with Gasteiger partial charge in [-0.1, -0.05) is 23.5 Å². The molecule has 7 heteroatoms. The number of likely N-dealkylation sites (tertiary alicyclic amines) is 1. The molecule has 152 valence electrons. The van der Waals surface area contributed by atoms with E-state index in [0.29, 0.717) is 18.2 Å². The van der Waals surface area contributed by atoms with Crippen molar-refractivity contribution in [1.29, 1.82) is 0 Å². The molecule has 0 aliphatic carbocycles. The third-order valence-electron chi connectivity index (χ3n) is 5.15. The molecule has 1 aliphatic rings. The zero-order chi connectivity index (χ0) is 20.1. The van der Waals surface area contributed by atoms with Crippen molar-refractivity contribution in [3.63, 3.8) is 0 Å². The summed E-state index contributed by atoms with van der Waals surface area (Å²) in [5.74, 6) is 0.642. The Kier molecular flexibility index (Phi) is 6.27. The first-order valence-corrected chi connectivity index (χ1v) is 10.7. The fraction of sp³-hybridized carbons (Fsp3) is 0.364. The summed E-state index contributed by atoms with van der Waals surface area (Å²) in [4.78, 5) is 17.9. The second-order valence-electron chi connectivity index (χ2n) is 7.18. The van der Waals surface area contributed by atoms with E-state index in [-0.39, 0.29) is 5.92 Å². The molecule has 0 saturated carbocycles. The zero-order valence-corrected chi connectivity index (χ0v) is 16.9. The third kappa shape index (κ3) is 5.25. The van der Waals surface area contributed by atoms with Gasteiger partial charge < -0.3 is 14.6 Å². The molecule has 4 rings (SSSR count). The van der Waals surface area contributed by atoms with E-state index in [1.807, 2.05) is 48.5 Å². The summed E-state index contributed by atoms with van der Waals surface area (Å²) >= 11 is 1.52. The summed E-state index contributed by atoms with van der Waals surface area (Å²) < 4.78 is 12.8. The van der Waals surface area contributed by atoms with E-state index >= 15 is 0 Å². The molecule has 1 atom stereocenters. The zero-order valence-electron chi connectivity index (χ0n) is 16.1. The Hall–Kier alpha value is -2.64. The van der Waals surface area contributed by atoms with Crippen LogP contribution in [0.15, 0.2) is 48.5 Å². The molecule has 0 amide bonds. The minimum atomic E-state index is -0.670. The third-order valence-corrected chi connectivity index (χ3v) is 6.06. The predicted molar refractivity (Wildman–Crippen MR) is 113 cm³/mol. The van der Waals surface area contributed by atoms with Crippen molar-refractivity contribution in [2.45, 2.75) is 19.3 Å². The van der Waals surface area contributed by atoms with Gasteiger partial charge in [0, 0.05) is 6.54 Å². The largest absolute Gasteiger partial charge is 0.492 e. The second kappa shape index (κ2) is 9.24. The normalized spacial score (nSPS) is 17.7. The Morgan fingerprint density at radius 3 is 2.69 bits per heavy atom. The van der Waals surface area contributed by atoms with Crippen LogP contribution in [-0.2, 0) is 4.79 Å². The number of carboxylic acid groups (broad SMARTS) is 1. The van der Waals surface area contributed by atoms with Gasteiger partial charge in [-0.15, -0.1) is 0 Å². The average Bonchev–Trinajstić information content (AvgIpc) is 2.97. The van der Waals surface area contributed by atoms with Crippen LogP contribution in [-0.4, -0.2) is 47.2 Å². The lowest BCUT2D eigenvalue weighted by atomic mass is 10.0. The smallest absolute Gasteiger partial charge is 0.306 e. The number of aromatic nitrogens is 1. The van der Waals surface area contributed by atoms with Gasteiger partial charge >= 0.3 is 5.97 Å². The quantitative estimate of drug-likeness (QED) is 0.609. The summed E-state index contributed by atoms with van der Waals surface area (Å²) in [6.07, 6.45) is 2.41. The highest BCUT2D eigenvalue weighted by molar-refractivity contribution is 7.20. The maximum atomic E-state index is 11.1. The SMILES string of the molecule is O=C(O)C1CCCN(CCOc2ccc(Oc3nc4ccccc4s3)cc2)CC1. The monoisotopic (exact) mass is 412 g/mol. The first kappa shape index (κ1) is 19.7. The molecule has 2 aromatic carbocycles. The molecule has 6 nitrogen and oxygen atoms in total. The molecular formula is C22H24N2O4S. The fourth-order valence-electron chi connectivity index (χ4n) is 3.52. The summed E-state index contributed by atoms with van der Waals surface area (Å²) in [5, 5.41) is 9.80. The molecule has 0 bridgehead atoms. The van der Waals surface area contributed by atoms with Crippen molar-refractivity contribution in [3.8, 4) is 16.7 Å². The second-order valence-corrected chi connectivity index (χ2v) is 8.17. The van der Waals surface area contributed by atoms with E-state index in [2.05, 4.69) is 9.88 Å². The molecule has 1 fully saturated rings. The Balaban J connectivity index is 1.25. The molecule has 0 radical (unpaired) electrons. The molecule has 1 N–H and O–H groups in total. The van der Waals surface area contributed by atoms with Crippen LogP contribution >= 0.6 is 11.3 Å². The van der Waals surface area contributed by atoms with Gasteiger partial charge in [0.1, 0.15) is 18.1 Å². The molecule has 1 saturated heterocycles. The molecule has 29 heavy (non-hydrogen) atoms. The topological polar surface area (TPSA) is 71.9 Å². The molecule has 0 spiro atoms. The summed E-state index contributed by atoms with van der Waals surface area (Å²) in [6, 6.07) is 15.5. The number of rotatable bonds is 7. The predicted octanol–water partition coefficient (Wildman–Crippen LogP) is 4.65. The van der Waals surface area contributed by atoms with Gasteiger partial charge in [0.15, 0.2) is 0 Å². The minimum absolute atomic E-state index is 0.205. The van der Waals surface area contributed by atoms with Crippen LogP contribution in [0.25, 0.3) is 10.2 Å². The van der Waals surface area contributed by atoms with Crippen molar-refractivity contribution in [2.24, 2.45) is 5.92 Å². The summed E-state index contributed by atoms with van der Waals surface area (Å²) in [5.41, 5.74) is 0.940. The number of carbonyl (C=O) groups is 1. The van der Waals surface area contributed by atoms with E-state index < -0.39 is 5.97 Å². The minimum Gasteiger partial charge on any atom is -0.492 e. The molecule has 1 aliphatic heterocycles. The van der Waals surface area contributed by atoms with Crippen LogP contribution in [0.1, 0.15) is 19.3 Å². The van der Waals surface area contributed by atoms with Crippen molar-refractivity contribution in [2.75, 3.05) is 26.2 Å². The van der Waals surface area contributed by atoms with Crippen molar-refractivity contribution in [3.05, 3.63) is 48.5 Å². The Labute approximate surface area is 173 Å². The highest BCUT2D eigenvalue weighted by Crippen LogP contribution is 2.31. The molecule has 1 unspecified atom stereocenters. The number of hydrogen-bond donors (Lipinski definition) is 1. The number of ether oxygens (including phenoxy) is 2. The van der Waals surface area contributed by atoms with Gasteiger partial charge in [-0.25, -0.2) is 4.98 Å². The lowest BCUT2D eigenvalue weighted by molar-refractivity contribution is -0.142. The van der Waals surface area contributed by atoms with E-state index in [0.717, 1.165) is 54.2 Å². The van der Waals surface area contributed by atoms with Crippen LogP contribution in [0.3, 0.4) is 0 Å². The number of fused-ring (bicyclic) bond motifs is 1. The lowest BCUT2D eigenvalue weighted by Crippen LogP contribution is -2.29. The number of carboxylic acids is 1. The van der Waals surface area contributed by atoms with Gasteiger partial charge in [-0.3, -0.25) is 9.69 Å².